The number of pyridine rings is 1. The topological polar surface area (TPSA) is 63.5 Å². The van der Waals surface area contributed by atoms with E-state index in [0.717, 1.165) is 36.5 Å². The maximum Gasteiger partial charge on any atom is 0.320 e. The minimum Gasteiger partial charge on any atom is -0.378 e. The van der Waals surface area contributed by atoms with Gasteiger partial charge < -0.3 is 14.5 Å². The molecule has 0 aliphatic carbocycles. The van der Waals surface area contributed by atoms with Crippen molar-refractivity contribution in [2.75, 3.05) is 39.4 Å². The van der Waals surface area contributed by atoms with Crippen LogP contribution in [0.2, 0.25) is 0 Å². The summed E-state index contributed by atoms with van der Waals surface area (Å²) in [5.74, 6) is 1.33. The minimum atomic E-state index is 0.114. The molecule has 1 aromatic carbocycles. The Labute approximate surface area is 201 Å². The maximum atomic E-state index is 13.5. The Hall–Kier alpha value is -3.19. The highest BCUT2D eigenvalue weighted by atomic mass is 16.5. The molecule has 2 saturated heterocycles. The van der Waals surface area contributed by atoms with E-state index < -0.39 is 0 Å². The number of aryl methyl sites for hydroxylation is 2. The lowest BCUT2D eigenvalue weighted by atomic mass is 9.83. The van der Waals surface area contributed by atoms with Crippen molar-refractivity contribution in [3.8, 4) is 5.82 Å². The van der Waals surface area contributed by atoms with Crippen LogP contribution in [0.4, 0.5) is 4.79 Å². The molecule has 5 rings (SSSR count). The predicted molar refractivity (Wildman–Crippen MR) is 131 cm³/mol. The van der Waals surface area contributed by atoms with Gasteiger partial charge in [0.05, 0.1) is 13.2 Å². The number of aromatic nitrogens is 3. The fourth-order valence-electron chi connectivity index (χ4n) is 5.21. The number of rotatable bonds is 4. The molecule has 2 atom stereocenters. The molecular weight excluding hydrogens is 426 g/mol. The Morgan fingerprint density at radius 3 is 2.56 bits per heavy atom. The molecule has 7 heteroatoms. The van der Waals surface area contributed by atoms with E-state index in [9.17, 15) is 4.79 Å². The quantitative estimate of drug-likeness (QED) is 0.588. The summed E-state index contributed by atoms with van der Waals surface area (Å²) in [5.41, 5.74) is 4.84. The van der Waals surface area contributed by atoms with E-state index in [1.54, 1.807) is 0 Å². The molecule has 0 N–H and O–H groups in total. The molecule has 2 amide bonds. The summed E-state index contributed by atoms with van der Waals surface area (Å²) in [7, 11) is 0. The molecule has 0 spiro atoms. The fourth-order valence-corrected chi connectivity index (χ4v) is 5.21. The van der Waals surface area contributed by atoms with Crippen molar-refractivity contribution in [2.24, 2.45) is 0 Å². The molecule has 34 heavy (non-hydrogen) atoms. The number of benzene rings is 1. The van der Waals surface area contributed by atoms with Crippen LogP contribution < -0.4 is 0 Å². The van der Waals surface area contributed by atoms with E-state index in [2.05, 4.69) is 58.7 Å². The zero-order valence-corrected chi connectivity index (χ0v) is 20.1. The van der Waals surface area contributed by atoms with Gasteiger partial charge in [-0.3, -0.25) is 4.57 Å². The average Bonchev–Trinajstić information content (AvgIpc) is 3.38. The van der Waals surface area contributed by atoms with Crippen LogP contribution in [0, 0.1) is 6.92 Å². The standard InChI is InChI=1S/C27H33N5O2/c1-3-21-6-8-22(9-7-21)23-15-24(18-31(17-23)27(33)30-11-13-34-14-12-30)25-16-28-19-32(25)26-20(2)5-4-10-29-26/h4-10,16,19,23-24H,3,11-15,17-18H2,1-2H3. The van der Waals surface area contributed by atoms with E-state index in [1.165, 1.54) is 11.1 Å². The monoisotopic (exact) mass is 459 g/mol. The van der Waals surface area contributed by atoms with Gasteiger partial charge in [0.2, 0.25) is 0 Å². The van der Waals surface area contributed by atoms with Gasteiger partial charge in [-0.25, -0.2) is 14.8 Å². The number of urea groups is 1. The van der Waals surface area contributed by atoms with Crippen LogP contribution >= 0.6 is 0 Å². The van der Waals surface area contributed by atoms with Gasteiger partial charge in [0.1, 0.15) is 12.1 Å². The molecule has 0 radical (unpaired) electrons. The van der Waals surface area contributed by atoms with Crippen molar-refractivity contribution in [3.63, 3.8) is 0 Å². The first-order valence-electron chi connectivity index (χ1n) is 12.3. The molecule has 0 bridgehead atoms. The van der Waals surface area contributed by atoms with Crippen molar-refractivity contribution in [3.05, 3.63) is 77.5 Å². The van der Waals surface area contributed by atoms with Crippen LogP contribution in [0.15, 0.2) is 55.1 Å². The third-order valence-electron chi connectivity index (χ3n) is 7.16. The summed E-state index contributed by atoms with van der Waals surface area (Å²) in [6.45, 7) is 8.18. The summed E-state index contributed by atoms with van der Waals surface area (Å²) < 4.78 is 7.57. The number of hydrogen-bond donors (Lipinski definition) is 0. The van der Waals surface area contributed by atoms with Gasteiger partial charge in [-0.1, -0.05) is 37.3 Å². The molecular formula is C27H33N5O2. The normalized spacial score (nSPS) is 21.0. The third kappa shape index (κ3) is 4.57. The number of ether oxygens (including phenoxy) is 1. The van der Waals surface area contributed by atoms with Gasteiger partial charge in [-0.15, -0.1) is 0 Å². The van der Waals surface area contributed by atoms with Crippen LogP contribution in [-0.4, -0.2) is 69.8 Å². The maximum absolute atomic E-state index is 13.5. The van der Waals surface area contributed by atoms with E-state index in [1.807, 2.05) is 34.6 Å². The van der Waals surface area contributed by atoms with Crippen LogP contribution in [0.25, 0.3) is 5.82 Å². The molecule has 4 heterocycles. The van der Waals surface area contributed by atoms with Crippen molar-refractivity contribution < 1.29 is 9.53 Å². The molecule has 178 valence electrons. The molecule has 2 aliphatic rings. The van der Waals surface area contributed by atoms with Crippen LogP contribution in [0.3, 0.4) is 0 Å². The van der Waals surface area contributed by atoms with Crippen molar-refractivity contribution in [1.82, 2.24) is 24.3 Å². The van der Waals surface area contributed by atoms with Crippen LogP contribution in [0.5, 0.6) is 0 Å². The van der Waals surface area contributed by atoms with Crippen molar-refractivity contribution in [1.29, 1.82) is 0 Å². The highest BCUT2D eigenvalue weighted by molar-refractivity contribution is 5.75. The highest BCUT2D eigenvalue weighted by Gasteiger charge is 2.35. The second-order valence-corrected chi connectivity index (χ2v) is 9.34. The second kappa shape index (κ2) is 9.97. The van der Waals surface area contributed by atoms with Crippen LogP contribution in [-0.2, 0) is 11.2 Å². The van der Waals surface area contributed by atoms with E-state index in [0.29, 0.717) is 32.8 Å². The Morgan fingerprint density at radius 2 is 1.82 bits per heavy atom. The molecule has 2 fully saturated rings. The Kier molecular flexibility index (Phi) is 6.63. The SMILES string of the molecule is CCc1ccc(C2CC(c3cncn3-c3ncccc3C)CN(C(=O)N3CCOCC3)C2)cc1. The van der Waals surface area contributed by atoms with Gasteiger partial charge in [0.15, 0.2) is 0 Å². The van der Waals surface area contributed by atoms with Crippen LogP contribution in [0.1, 0.15) is 47.6 Å². The first kappa shape index (κ1) is 22.6. The van der Waals surface area contributed by atoms with E-state index >= 15 is 0 Å². The minimum absolute atomic E-state index is 0.114. The Bertz CT molecular complexity index is 1120. The number of piperidine rings is 1. The number of nitrogens with zero attached hydrogens (tertiary/aromatic N) is 5. The number of carbonyl (C=O) groups excluding carboxylic acids is 1. The summed E-state index contributed by atoms with van der Waals surface area (Å²) in [6.07, 6.45) is 7.60. The van der Waals surface area contributed by atoms with Gasteiger partial charge in [-0.2, -0.15) is 0 Å². The summed E-state index contributed by atoms with van der Waals surface area (Å²) in [6, 6.07) is 13.0. The number of carbonyl (C=O) groups is 1. The Morgan fingerprint density at radius 1 is 1.06 bits per heavy atom. The second-order valence-electron chi connectivity index (χ2n) is 9.34. The lowest BCUT2D eigenvalue weighted by molar-refractivity contribution is 0.0397. The number of imidazole rings is 1. The van der Waals surface area contributed by atoms with Gasteiger partial charge in [-0.05, 0) is 42.5 Å². The summed E-state index contributed by atoms with van der Waals surface area (Å²) in [5, 5.41) is 0. The Balaban J connectivity index is 1.47. The number of hydrogen-bond acceptors (Lipinski definition) is 4. The smallest absolute Gasteiger partial charge is 0.320 e. The molecule has 3 aromatic rings. The third-order valence-corrected chi connectivity index (χ3v) is 7.16. The first-order valence-corrected chi connectivity index (χ1v) is 12.3. The number of likely N-dealkylation sites (tertiary alicyclic amines) is 1. The molecule has 2 unspecified atom stereocenters. The summed E-state index contributed by atoms with van der Waals surface area (Å²) in [4.78, 5) is 26.6. The molecule has 7 nitrogen and oxygen atoms in total. The van der Waals surface area contributed by atoms with Gasteiger partial charge in [0.25, 0.3) is 0 Å². The predicted octanol–water partition coefficient (Wildman–Crippen LogP) is 4.16. The molecule has 2 aromatic heterocycles. The van der Waals surface area contributed by atoms with E-state index in [-0.39, 0.29) is 17.9 Å². The average molecular weight is 460 g/mol. The largest absolute Gasteiger partial charge is 0.378 e. The first-order chi connectivity index (χ1) is 16.6. The zero-order valence-electron chi connectivity index (χ0n) is 20.1. The molecule has 2 aliphatic heterocycles. The highest BCUT2D eigenvalue weighted by Crippen LogP contribution is 2.37. The fraction of sp³-hybridized carbons (Fsp3) is 0.444. The lowest BCUT2D eigenvalue weighted by Crippen LogP contribution is -2.52. The zero-order chi connectivity index (χ0) is 23.5. The molecule has 0 saturated carbocycles. The van der Waals surface area contributed by atoms with Crippen molar-refractivity contribution in [2.45, 2.75) is 38.5 Å². The van der Waals surface area contributed by atoms with Gasteiger partial charge >= 0.3 is 6.03 Å². The number of morpholine rings is 1. The summed E-state index contributed by atoms with van der Waals surface area (Å²) >= 11 is 0. The van der Waals surface area contributed by atoms with Crippen molar-refractivity contribution >= 4 is 6.03 Å². The number of amides is 2. The van der Waals surface area contributed by atoms with Gasteiger partial charge in [0, 0.05) is 56.1 Å². The van der Waals surface area contributed by atoms with E-state index in [4.69, 9.17) is 4.74 Å². The lowest BCUT2D eigenvalue weighted by Gasteiger charge is -2.41.